The second-order valence-electron chi connectivity index (χ2n) is 7.65. The molecular formula is C23H21FN4O4. The summed E-state index contributed by atoms with van der Waals surface area (Å²) in [4.78, 5) is 33.5. The lowest BCUT2D eigenvalue weighted by molar-refractivity contribution is -0.132. The first-order valence-corrected chi connectivity index (χ1v) is 10.3. The molecule has 0 spiro atoms. The highest BCUT2D eigenvalue weighted by atomic mass is 19.1. The summed E-state index contributed by atoms with van der Waals surface area (Å²) in [6.07, 6.45) is 1.40. The molecule has 1 amide bonds. The van der Waals surface area contributed by atoms with Crippen molar-refractivity contribution in [3.63, 3.8) is 0 Å². The summed E-state index contributed by atoms with van der Waals surface area (Å²) in [5.41, 5.74) is 1.87. The van der Waals surface area contributed by atoms with Crippen LogP contribution >= 0.6 is 0 Å². The van der Waals surface area contributed by atoms with Crippen LogP contribution in [-0.2, 0) is 11.3 Å². The molecule has 2 aromatic carbocycles. The molecule has 3 heterocycles. The number of rotatable bonds is 4. The number of anilines is 1. The van der Waals surface area contributed by atoms with Crippen molar-refractivity contribution in [1.29, 1.82) is 0 Å². The van der Waals surface area contributed by atoms with Crippen LogP contribution < -0.4 is 19.9 Å². The molecule has 0 bridgehead atoms. The third-order valence-corrected chi connectivity index (χ3v) is 5.68. The zero-order valence-corrected chi connectivity index (χ0v) is 17.2. The van der Waals surface area contributed by atoms with Gasteiger partial charge in [-0.3, -0.25) is 14.2 Å². The number of benzene rings is 2. The first kappa shape index (κ1) is 20.0. The van der Waals surface area contributed by atoms with Crippen LogP contribution in [0, 0.1) is 5.82 Å². The van der Waals surface area contributed by atoms with Crippen molar-refractivity contribution in [2.24, 2.45) is 0 Å². The Kier molecular flexibility index (Phi) is 5.22. The minimum Gasteiger partial charge on any atom is -0.454 e. The first-order chi connectivity index (χ1) is 15.6. The Bertz CT molecular complexity index is 1200. The molecule has 0 saturated carbocycles. The van der Waals surface area contributed by atoms with E-state index in [1.165, 1.54) is 29.1 Å². The Balaban J connectivity index is 1.22. The highest BCUT2D eigenvalue weighted by molar-refractivity contribution is 5.76. The minimum atomic E-state index is -0.300. The predicted molar refractivity (Wildman–Crippen MR) is 115 cm³/mol. The molecule has 1 saturated heterocycles. The fourth-order valence-corrected chi connectivity index (χ4v) is 3.87. The zero-order valence-electron chi connectivity index (χ0n) is 17.2. The Labute approximate surface area is 183 Å². The molecule has 1 aromatic heterocycles. The molecule has 1 fully saturated rings. The van der Waals surface area contributed by atoms with E-state index in [1.807, 2.05) is 6.07 Å². The standard InChI is InChI=1S/C23H21FN4O4/c24-17-2-4-18(5-3-17)26-7-9-27(10-8-26)23(30)13-28-14-25-19(12-22(28)29)16-1-6-20-21(11-16)32-15-31-20/h1-6,11-12,14H,7-10,13,15H2. The maximum Gasteiger partial charge on any atom is 0.254 e. The molecule has 0 radical (unpaired) electrons. The second-order valence-corrected chi connectivity index (χ2v) is 7.65. The van der Waals surface area contributed by atoms with Gasteiger partial charge in [0.05, 0.1) is 12.0 Å². The maximum absolute atomic E-state index is 13.1. The summed E-state index contributed by atoms with van der Waals surface area (Å²) in [6.45, 7) is 2.47. The van der Waals surface area contributed by atoms with Crippen LogP contribution in [0.2, 0.25) is 0 Å². The van der Waals surface area contributed by atoms with E-state index in [1.54, 1.807) is 29.2 Å². The van der Waals surface area contributed by atoms with E-state index in [0.29, 0.717) is 43.4 Å². The van der Waals surface area contributed by atoms with Crippen LogP contribution in [0.25, 0.3) is 11.3 Å². The van der Waals surface area contributed by atoms with Gasteiger partial charge in [0.15, 0.2) is 11.5 Å². The monoisotopic (exact) mass is 436 g/mol. The highest BCUT2D eigenvalue weighted by Gasteiger charge is 2.22. The third-order valence-electron chi connectivity index (χ3n) is 5.68. The molecule has 8 nitrogen and oxygen atoms in total. The lowest BCUT2D eigenvalue weighted by atomic mass is 10.1. The largest absolute Gasteiger partial charge is 0.454 e. The van der Waals surface area contributed by atoms with Gasteiger partial charge < -0.3 is 19.3 Å². The Morgan fingerprint density at radius 3 is 2.47 bits per heavy atom. The predicted octanol–water partition coefficient (Wildman–Crippen LogP) is 2.13. The van der Waals surface area contributed by atoms with Crippen molar-refractivity contribution in [3.8, 4) is 22.8 Å². The molecule has 164 valence electrons. The van der Waals surface area contributed by atoms with Gasteiger partial charge in [0, 0.05) is 43.5 Å². The highest BCUT2D eigenvalue weighted by Crippen LogP contribution is 2.35. The number of halogens is 1. The van der Waals surface area contributed by atoms with Crippen molar-refractivity contribution >= 4 is 11.6 Å². The van der Waals surface area contributed by atoms with E-state index >= 15 is 0 Å². The van der Waals surface area contributed by atoms with Gasteiger partial charge in [-0.25, -0.2) is 9.37 Å². The minimum absolute atomic E-state index is 0.0657. The number of ether oxygens (including phenoxy) is 2. The van der Waals surface area contributed by atoms with Gasteiger partial charge in [-0.1, -0.05) is 0 Å². The van der Waals surface area contributed by atoms with Crippen LogP contribution in [0.3, 0.4) is 0 Å². The summed E-state index contributed by atoms with van der Waals surface area (Å²) >= 11 is 0. The number of nitrogens with zero attached hydrogens (tertiary/aromatic N) is 4. The first-order valence-electron chi connectivity index (χ1n) is 10.3. The topological polar surface area (TPSA) is 76.9 Å². The molecule has 3 aromatic rings. The Hall–Kier alpha value is -3.88. The summed E-state index contributed by atoms with van der Waals surface area (Å²) in [5.74, 6) is 0.866. The molecular weight excluding hydrogens is 415 g/mol. The summed E-state index contributed by atoms with van der Waals surface area (Å²) in [5, 5.41) is 0. The van der Waals surface area contributed by atoms with Crippen molar-refractivity contribution in [2.45, 2.75) is 6.54 Å². The fraction of sp³-hybridized carbons (Fsp3) is 0.261. The number of carbonyl (C=O) groups excluding carboxylic acids is 1. The van der Waals surface area contributed by atoms with Crippen LogP contribution in [0.5, 0.6) is 11.5 Å². The van der Waals surface area contributed by atoms with E-state index in [0.717, 1.165) is 11.3 Å². The maximum atomic E-state index is 13.1. The van der Waals surface area contributed by atoms with Crippen molar-refractivity contribution in [1.82, 2.24) is 14.5 Å². The average Bonchev–Trinajstić information content (AvgIpc) is 3.29. The Morgan fingerprint density at radius 2 is 1.72 bits per heavy atom. The van der Waals surface area contributed by atoms with Crippen LogP contribution in [-0.4, -0.2) is 53.3 Å². The Morgan fingerprint density at radius 1 is 0.969 bits per heavy atom. The van der Waals surface area contributed by atoms with E-state index in [9.17, 15) is 14.0 Å². The quantitative estimate of drug-likeness (QED) is 0.624. The SMILES string of the molecule is O=C(Cn1cnc(-c2ccc3c(c2)OCO3)cc1=O)N1CCN(c2ccc(F)cc2)CC1. The van der Waals surface area contributed by atoms with Crippen molar-refractivity contribution in [3.05, 3.63) is 71.0 Å². The number of amides is 1. The molecule has 2 aliphatic heterocycles. The lowest BCUT2D eigenvalue weighted by Crippen LogP contribution is -2.50. The molecule has 5 rings (SSSR count). The second kappa shape index (κ2) is 8.33. The molecule has 2 aliphatic rings. The molecule has 0 atom stereocenters. The number of fused-ring (bicyclic) bond motifs is 1. The van der Waals surface area contributed by atoms with E-state index in [4.69, 9.17) is 9.47 Å². The van der Waals surface area contributed by atoms with Gasteiger partial charge in [0.1, 0.15) is 12.4 Å². The van der Waals surface area contributed by atoms with E-state index < -0.39 is 0 Å². The van der Waals surface area contributed by atoms with Crippen LogP contribution in [0.4, 0.5) is 10.1 Å². The number of piperazine rings is 1. The van der Waals surface area contributed by atoms with Crippen molar-refractivity contribution in [2.75, 3.05) is 37.9 Å². The van der Waals surface area contributed by atoms with Gasteiger partial charge in [-0.05, 0) is 42.5 Å². The smallest absolute Gasteiger partial charge is 0.254 e. The molecule has 0 N–H and O–H groups in total. The normalized spacial score (nSPS) is 15.2. The fourth-order valence-electron chi connectivity index (χ4n) is 3.87. The molecule has 32 heavy (non-hydrogen) atoms. The summed E-state index contributed by atoms with van der Waals surface area (Å²) in [7, 11) is 0. The molecule has 9 heteroatoms. The van der Waals surface area contributed by atoms with Crippen LogP contribution in [0.15, 0.2) is 59.7 Å². The number of hydrogen-bond donors (Lipinski definition) is 0. The van der Waals surface area contributed by atoms with Crippen molar-refractivity contribution < 1.29 is 18.7 Å². The number of hydrogen-bond acceptors (Lipinski definition) is 6. The van der Waals surface area contributed by atoms with Gasteiger partial charge >= 0.3 is 0 Å². The average molecular weight is 436 g/mol. The number of aromatic nitrogens is 2. The molecule has 0 aliphatic carbocycles. The number of carbonyl (C=O) groups is 1. The van der Waals surface area contributed by atoms with Gasteiger partial charge in [-0.2, -0.15) is 0 Å². The summed E-state index contributed by atoms with van der Waals surface area (Å²) in [6, 6.07) is 13.1. The van der Waals surface area contributed by atoms with E-state index in [-0.39, 0.29) is 30.6 Å². The summed E-state index contributed by atoms with van der Waals surface area (Å²) < 4.78 is 25.1. The third kappa shape index (κ3) is 4.01. The van der Waals surface area contributed by atoms with Gasteiger partial charge in [0.25, 0.3) is 5.56 Å². The molecule has 0 unspecified atom stereocenters. The van der Waals surface area contributed by atoms with Gasteiger partial charge in [-0.15, -0.1) is 0 Å². The zero-order chi connectivity index (χ0) is 22.1. The van der Waals surface area contributed by atoms with Crippen LogP contribution in [0.1, 0.15) is 0 Å². The lowest BCUT2D eigenvalue weighted by Gasteiger charge is -2.36. The van der Waals surface area contributed by atoms with E-state index in [2.05, 4.69) is 9.88 Å². The van der Waals surface area contributed by atoms with Gasteiger partial charge in [0.2, 0.25) is 12.7 Å².